The monoisotopic (exact) mass is 706 g/mol. The molecule has 228 valence electrons. The molecule has 0 nitrogen and oxygen atoms in total. The van der Waals surface area contributed by atoms with Crippen molar-refractivity contribution in [1.82, 2.24) is 0 Å². The van der Waals surface area contributed by atoms with Crippen molar-refractivity contribution in [2.24, 2.45) is 11.3 Å². The first-order valence-electron chi connectivity index (χ1n) is 15.5. The van der Waals surface area contributed by atoms with E-state index in [1.54, 1.807) is 15.3 Å². The third kappa shape index (κ3) is 7.44. The predicted octanol–water partition coefficient (Wildman–Crippen LogP) is 3.96. The van der Waals surface area contributed by atoms with E-state index in [0.29, 0.717) is 5.92 Å². The third-order valence-corrected chi connectivity index (χ3v) is 17.0. The molecule has 0 bridgehead atoms. The van der Waals surface area contributed by atoms with Crippen molar-refractivity contribution in [3.8, 4) is 11.1 Å². The van der Waals surface area contributed by atoms with E-state index in [2.05, 4.69) is 150 Å². The molecule has 0 spiro atoms. The predicted molar refractivity (Wildman–Crippen MR) is 185 cm³/mol. The first kappa shape index (κ1) is 35.0. The van der Waals surface area contributed by atoms with Crippen LogP contribution in [0, 0.1) is 11.3 Å². The van der Waals surface area contributed by atoms with Crippen molar-refractivity contribution in [3.05, 3.63) is 159 Å². The number of allylic oxidation sites excluding steroid dienone is 4. The summed E-state index contributed by atoms with van der Waals surface area (Å²) in [4.78, 5) is 0. The molecule has 0 aliphatic heterocycles. The van der Waals surface area contributed by atoms with Gasteiger partial charge in [0.1, 0.15) is 0 Å². The molecule has 4 aromatic rings. The van der Waals surface area contributed by atoms with Crippen molar-refractivity contribution in [2.45, 2.75) is 47.0 Å². The van der Waals surface area contributed by atoms with Crippen LogP contribution < -0.4 is 28.1 Å². The molecule has 0 amide bonds. The zero-order valence-electron chi connectivity index (χ0n) is 26.8. The number of halogens is 2. The molecular weight excluding hydrogens is 667 g/mol. The van der Waals surface area contributed by atoms with E-state index in [0.717, 1.165) is 19.3 Å². The van der Waals surface area contributed by atoms with Crippen molar-refractivity contribution < 1.29 is 46.1 Å². The average Bonchev–Trinajstić information content (AvgIpc) is 3.58. The molecular formula is C42H42Cl2Zr. The Morgan fingerprint density at radius 3 is 1.89 bits per heavy atom. The van der Waals surface area contributed by atoms with Gasteiger partial charge in [-0.05, 0) is 0 Å². The SMILES string of the molecule is C=Cc1ccc2c(c1)-c1cc(C=C)c[c]([Zr+2]([C]3=CC(C(C)(C)C)=CC3C)=[C](Cc3ccccc3)Cc3ccccc3)c1C2.[Cl-].[Cl-]. The van der Waals surface area contributed by atoms with Crippen LogP contribution in [0.2, 0.25) is 0 Å². The van der Waals surface area contributed by atoms with E-state index in [4.69, 9.17) is 0 Å². The average molecular weight is 709 g/mol. The van der Waals surface area contributed by atoms with E-state index in [9.17, 15) is 0 Å². The molecule has 0 heterocycles. The van der Waals surface area contributed by atoms with Gasteiger partial charge in [0.25, 0.3) is 0 Å². The second-order valence-electron chi connectivity index (χ2n) is 13.2. The molecule has 2 aliphatic rings. The van der Waals surface area contributed by atoms with Gasteiger partial charge in [-0.2, -0.15) is 0 Å². The molecule has 6 rings (SSSR count). The van der Waals surface area contributed by atoms with Gasteiger partial charge in [0, 0.05) is 0 Å². The Labute approximate surface area is 290 Å². The molecule has 45 heavy (non-hydrogen) atoms. The smallest absolute Gasteiger partial charge is 1.00 e. The fraction of sp³-hybridized carbons (Fsp3) is 0.214. The third-order valence-electron chi connectivity index (χ3n) is 9.06. The topological polar surface area (TPSA) is 0 Å². The maximum atomic E-state index is 4.26. The molecule has 0 radical (unpaired) electrons. The van der Waals surface area contributed by atoms with Crippen LogP contribution in [0.15, 0.2) is 125 Å². The summed E-state index contributed by atoms with van der Waals surface area (Å²) < 4.78 is 5.09. The fourth-order valence-corrected chi connectivity index (χ4v) is 15.4. The Balaban J connectivity index is 0.00000230. The molecule has 4 aromatic carbocycles. The quantitative estimate of drug-likeness (QED) is 0.229. The first-order chi connectivity index (χ1) is 20.7. The van der Waals surface area contributed by atoms with E-state index in [-0.39, 0.29) is 30.2 Å². The van der Waals surface area contributed by atoms with Crippen molar-refractivity contribution in [3.63, 3.8) is 0 Å². The fourth-order valence-electron chi connectivity index (χ4n) is 6.73. The minimum Gasteiger partial charge on any atom is -1.00 e. The van der Waals surface area contributed by atoms with E-state index < -0.39 is 21.3 Å². The summed E-state index contributed by atoms with van der Waals surface area (Å²) in [5.41, 5.74) is 12.6. The van der Waals surface area contributed by atoms with Crippen molar-refractivity contribution in [2.75, 3.05) is 0 Å². The number of benzene rings is 4. The van der Waals surface area contributed by atoms with Gasteiger partial charge in [0.2, 0.25) is 0 Å². The summed E-state index contributed by atoms with van der Waals surface area (Å²) in [6.07, 6.45) is 12.3. The molecule has 0 aromatic heterocycles. The minimum absolute atomic E-state index is 0. The van der Waals surface area contributed by atoms with Crippen LogP contribution >= 0.6 is 0 Å². The van der Waals surface area contributed by atoms with Gasteiger partial charge in [-0.15, -0.1) is 0 Å². The molecule has 0 N–H and O–H groups in total. The molecule has 0 saturated heterocycles. The number of rotatable bonds is 8. The van der Waals surface area contributed by atoms with Crippen molar-refractivity contribution in [1.29, 1.82) is 0 Å². The van der Waals surface area contributed by atoms with Crippen LogP contribution in [0.3, 0.4) is 0 Å². The molecule has 3 heteroatoms. The summed E-state index contributed by atoms with van der Waals surface area (Å²) in [5, 5.41) is 0. The van der Waals surface area contributed by atoms with Gasteiger partial charge >= 0.3 is 268 Å². The van der Waals surface area contributed by atoms with Gasteiger partial charge in [-0.3, -0.25) is 0 Å². The van der Waals surface area contributed by atoms with Crippen LogP contribution in [0.4, 0.5) is 0 Å². The normalized spacial score (nSPS) is 14.4. The Kier molecular flexibility index (Phi) is 11.5. The van der Waals surface area contributed by atoms with Crippen molar-refractivity contribution >= 4 is 18.6 Å². The van der Waals surface area contributed by atoms with Crippen LogP contribution in [0.25, 0.3) is 23.3 Å². The van der Waals surface area contributed by atoms with Gasteiger partial charge in [0.05, 0.1) is 0 Å². The van der Waals surface area contributed by atoms with Gasteiger partial charge in [0.15, 0.2) is 0 Å². The minimum atomic E-state index is -2.69. The zero-order chi connectivity index (χ0) is 30.1. The maximum absolute atomic E-state index is 4.26. The standard InChI is InChI=1S/C17H13.C15H14.C10H15.2ClH.Zr/c1-3-12-5-7-14-11-15-8-6-13(4-2)10-17(15)16(14)9-12;1-3-8-14(9-4-1)12-7-13-15-10-5-2-6-11-15;1-8-5-6-9(7-8)10(2,3)4;;;/h3-7,9-10H,1-2,11H2;1-6,8-11H,12-13H2;6-8H,1-4H3;2*1H;/q;;;;;+2/p-2. The Hall–Kier alpha value is -2.83. The summed E-state index contributed by atoms with van der Waals surface area (Å²) in [6.45, 7) is 17.8. The largest absolute Gasteiger partial charge is 1.00 e. The summed E-state index contributed by atoms with van der Waals surface area (Å²) in [5.74, 6) is 0.448. The summed E-state index contributed by atoms with van der Waals surface area (Å²) >= 11 is -2.69. The second-order valence-corrected chi connectivity index (χ2v) is 19.5. The Bertz CT molecular complexity index is 1760. The van der Waals surface area contributed by atoms with E-state index in [1.165, 1.54) is 44.5 Å². The number of hydrogen-bond acceptors (Lipinski definition) is 0. The van der Waals surface area contributed by atoms with Crippen LogP contribution in [-0.2, 0) is 40.5 Å². The molecule has 1 atom stereocenters. The van der Waals surface area contributed by atoms with Crippen LogP contribution in [-0.4, -0.2) is 3.21 Å². The van der Waals surface area contributed by atoms with Gasteiger partial charge in [-0.25, -0.2) is 0 Å². The first-order valence-corrected chi connectivity index (χ1v) is 19.2. The van der Waals surface area contributed by atoms with Crippen LogP contribution in [0.5, 0.6) is 0 Å². The Morgan fingerprint density at radius 2 is 1.36 bits per heavy atom. The molecule has 1 unspecified atom stereocenters. The second kappa shape index (κ2) is 14.7. The van der Waals surface area contributed by atoms with E-state index >= 15 is 0 Å². The van der Waals surface area contributed by atoms with Gasteiger partial charge < -0.3 is 24.8 Å². The number of hydrogen-bond donors (Lipinski definition) is 0. The zero-order valence-corrected chi connectivity index (χ0v) is 30.8. The summed E-state index contributed by atoms with van der Waals surface area (Å²) in [6, 6.07) is 34.1. The molecule has 0 saturated carbocycles. The molecule has 2 aliphatic carbocycles. The molecule has 0 fully saturated rings. The van der Waals surface area contributed by atoms with Crippen LogP contribution in [0.1, 0.15) is 61.1 Å². The van der Waals surface area contributed by atoms with E-state index in [1.807, 2.05) is 6.08 Å². The maximum Gasteiger partial charge on any atom is -1.00 e. The summed E-state index contributed by atoms with van der Waals surface area (Å²) in [7, 11) is 0. The number of fused-ring (bicyclic) bond motifs is 3. The Morgan fingerprint density at radius 1 is 0.778 bits per heavy atom. The van der Waals surface area contributed by atoms with Gasteiger partial charge in [-0.1, -0.05) is 0 Å².